The van der Waals surface area contributed by atoms with Crippen molar-refractivity contribution in [1.29, 1.82) is 0 Å². The van der Waals surface area contributed by atoms with E-state index < -0.39 is 0 Å². The van der Waals surface area contributed by atoms with E-state index in [2.05, 4.69) is 16.2 Å². The molecule has 5 N–H and O–H groups in total. The zero-order valence-electron chi connectivity index (χ0n) is 5.20. The van der Waals surface area contributed by atoms with Gasteiger partial charge in [0.25, 0.3) is 0 Å². The van der Waals surface area contributed by atoms with E-state index >= 15 is 0 Å². The first-order valence-corrected chi connectivity index (χ1v) is 2.72. The number of nitrogens with two attached hydrogens (primary N) is 1. The van der Waals surface area contributed by atoms with Crippen molar-refractivity contribution in [3.05, 3.63) is 0 Å². The molecule has 0 bridgehead atoms. The van der Waals surface area contributed by atoms with Gasteiger partial charge < -0.3 is 11.1 Å². The van der Waals surface area contributed by atoms with Crippen molar-refractivity contribution in [2.45, 2.75) is 0 Å². The van der Waals surface area contributed by atoms with Crippen LogP contribution in [-0.2, 0) is 0 Å². The van der Waals surface area contributed by atoms with Crippen LogP contribution < -0.4 is 21.9 Å². The normalized spacial score (nSPS) is 9.75. The predicted octanol–water partition coefficient (Wildman–Crippen LogP) is -1.78. The van der Waals surface area contributed by atoms with Crippen LogP contribution in [0.25, 0.3) is 0 Å². The highest BCUT2D eigenvalue weighted by molar-refractivity contribution is 4.37. The second-order valence-corrected chi connectivity index (χ2v) is 1.42. The minimum Gasteiger partial charge on any atom is -0.329 e. The molecule has 0 saturated carbocycles. The van der Waals surface area contributed by atoms with Crippen LogP contribution in [0.3, 0.4) is 0 Å². The Labute approximate surface area is 49.8 Å². The van der Waals surface area contributed by atoms with Gasteiger partial charge in [0.1, 0.15) is 0 Å². The number of hydrogen-bond acceptors (Lipinski definition) is 4. The van der Waals surface area contributed by atoms with Crippen molar-refractivity contribution in [3.8, 4) is 0 Å². The molecule has 4 heteroatoms. The average molecular weight is 118 g/mol. The van der Waals surface area contributed by atoms with E-state index in [0.717, 1.165) is 13.2 Å². The van der Waals surface area contributed by atoms with Crippen LogP contribution in [0, 0.1) is 0 Å². The summed E-state index contributed by atoms with van der Waals surface area (Å²) in [4.78, 5) is 0. The molecule has 0 aromatic carbocycles. The Balaban J connectivity index is 2.53. The van der Waals surface area contributed by atoms with E-state index in [1.807, 2.05) is 7.05 Å². The fourth-order valence-corrected chi connectivity index (χ4v) is 0.311. The Hall–Kier alpha value is -0.160. The molecule has 0 saturated heterocycles. The molecule has 0 aromatic rings. The maximum absolute atomic E-state index is 5.19. The van der Waals surface area contributed by atoms with Gasteiger partial charge >= 0.3 is 0 Å². The van der Waals surface area contributed by atoms with Crippen LogP contribution in [0.1, 0.15) is 0 Å². The first kappa shape index (κ1) is 7.84. The van der Waals surface area contributed by atoms with Crippen LogP contribution >= 0.6 is 0 Å². The summed E-state index contributed by atoms with van der Waals surface area (Å²) in [5.74, 6) is 0. The van der Waals surface area contributed by atoms with Gasteiger partial charge in [0.05, 0.1) is 6.67 Å². The topological polar surface area (TPSA) is 62.1 Å². The third-order valence-corrected chi connectivity index (χ3v) is 0.660. The van der Waals surface area contributed by atoms with Crippen LogP contribution in [0.4, 0.5) is 0 Å². The molecule has 0 aliphatic carbocycles. The SMILES string of the molecule is CNCNNCCN. The Morgan fingerprint density at radius 2 is 2.12 bits per heavy atom. The zero-order valence-corrected chi connectivity index (χ0v) is 5.20. The second kappa shape index (κ2) is 6.84. The third-order valence-electron chi connectivity index (χ3n) is 0.660. The lowest BCUT2D eigenvalue weighted by molar-refractivity contribution is 0.514. The van der Waals surface area contributed by atoms with Gasteiger partial charge in [-0.2, -0.15) is 0 Å². The summed E-state index contributed by atoms with van der Waals surface area (Å²) in [6, 6.07) is 0. The molecule has 0 heterocycles. The molecule has 0 aliphatic heterocycles. The highest BCUT2D eigenvalue weighted by atomic mass is 15.4. The van der Waals surface area contributed by atoms with Crippen molar-refractivity contribution in [3.63, 3.8) is 0 Å². The molecule has 0 aliphatic rings. The molecule has 0 aromatic heterocycles. The van der Waals surface area contributed by atoms with Crippen molar-refractivity contribution in [2.75, 3.05) is 26.8 Å². The lowest BCUT2D eigenvalue weighted by Crippen LogP contribution is -2.40. The van der Waals surface area contributed by atoms with Crippen molar-refractivity contribution in [2.24, 2.45) is 5.73 Å². The standard InChI is InChI=1S/C4H14N4/c1-6-4-8-7-3-2-5/h6-8H,2-5H2,1H3. The summed E-state index contributed by atoms with van der Waals surface area (Å²) in [6.07, 6.45) is 0. The molecule has 8 heavy (non-hydrogen) atoms. The predicted molar refractivity (Wildman–Crippen MR) is 34.1 cm³/mol. The van der Waals surface area contributed by atoms with Gasteiger partial charge in [-0.3, -0.25) is 5.43 Å². The summed E-state index contributed by atoms with van der Waals surface area (Å²) < 4.78 is 0. The molecule has 0 atom stereocenters. The summed E-state index contributed by atoms with van der Waals surface area (Å²) >= 11 is 0. The van der Waals surface area contributed by atoms with Gasteiger partial charge in [-0.25, -0.2) is 5.43 Å². The molecule has 4 nitrogen and oxygen atoms in total. The lowest BCUT2D eigenvalue weighted by Gasteiger charge is -2.02. The number of nitrogens with one attached hydrogen (secondary N) is 3. The van der Waals surface area contributed by atoms with E-state index in [4.69, 9.17) is 5.73 Å². The quantitative estimate of drug-likeness (QED) is 0.196. The maximum Gasteiger partial charge on any atom is 0.0587 e. The number of hydrogen-bond donors (Lipinski definition) is 4. The lowest BCUT2D eigenvalue weighted by atomic mass is 10.7. The zero-order chi connectivity index (χ0) is 6.24. The summed E-state index contributed by atoms with van der Waals surface area (Å²) in [5, 5.41) is 2.91. The molecule has 0 amide bonds. The van der Waals surface area contributed by atoms with E-state index in [0.29, 0.717) is 6.54 Å². The Morgan fingerprint density at radius 3 is 2.62 bits per heavy atom. The van der Waals surface area contributed by atoms with Crippen molar-refractivity contribution < 1.29 is 0 Å². The van der Waals surface area contributed by atoms with Crippen LogP contribution in [0.5, 0.6) is 0 Å². The fourth-order valence-electron chi connectivity index (χ4n) is 0.311. The molecule has 50 valence electrons. The van der Waals surface area contributed by atoms with E-state index in [9.17, 15) is 0 Å². The summed E-state index contributed by atoms with van der Waals surface area (Å²) in [6.45, 7) is 2.23. The highest BCUT2D eigenvalue weighted by Crippen LogP contribution is 1.43. The van der Waals surface area contributed by atoms with Gasteiger partial charge in [-0.05, 0) is 7.05 Å². The minimum absolute atomic E-state index is 0.663. The molecule has 0 fully saturated rings. The Bertz CT molecular complexity index is 33.0. The molecular formula is C4H14N4. The highest BCUT2D eigenvalue weighted by Gasteiger charge is 1.76. The van der Waals surface area contributed by atoms with Crippen LogP contribution in [-0.4, -0.2) is 26.8 Å². The minimum atomic E-state index is 0.663. The molecule has 0 radical (unpaired) electrons. The summed E-state index contributed by atoms with van der Waals surface area (Å²) in [5.41, 5.74) is 11.0. The third kappa shape index (κ3) is 5.84. The molecule has 0 spiro atoms. The maximum atomic E-state index is 5.19. The smallest absolute Gasteiger partial charge is 0.0587 e. The Kier molecular flexibility index (Phi) is 6.70. The van der Waals surface area contributed by atoms with Crippen LogP contribution in [0.15, 0.2) is 0 Å². The van der Waals surface area contributed by atoms with E-state index in [1.165, 1.54) is 0 Å². The average Bonchev–Trinajstić information content (AvgIpc) is 1.81. The van der Waals surface area contributed by atoms with Gasteiger partial charge in [0.15, 0.2) is 0 Å². The summed E-state index contributed by atoms with van der Waals surface area (Å²) in [7, 11) is 1.87. The van der Waals surface area contributed by atoms with Gasteiger partial charge in [0.2, 0.25) is 0 Å². The van der Waals surface area contributed by atoms with Gasteiger partial charge in [-0.15, -0.1) is 0 Å². The largest absolute Gasteiger partial charge is 0.329 e. The first-order valence-electron chi connectivity index (χ1n) is 2.72. The number of rotatable bonds is 5. The first-order chi connectivity index (χ1) is 3.91. The van der Waals surface area contributed by atoms with Crippen LogP contribution in [0.2, 0.25) is 0 Å². The monoisotopic (exact) mass is 118 g/mol. The van der Waals surface area contributed by atoms with E-state index in [1.54, 1.807) is 0 Å². The van der Waals surface area contributed by atoms with Crippen molar-refractivity contribution in [1.82, 2.24) is 16.2 Å². The fraction of sp³-hybridized carbons (Fsp3) is 1.00. The van der Waals surface area contributed by atoms with Gasteiger partial charge in [-0.1, -0.05) is 0 Å². The molecular weight excluding hydrogens is 104 g/mol. The van der Waals surface area contributed by atoms with Gasteiger partial charge in [0, 0.05) is 13.1 Å². The molecule has 0 rings (SSSR count). The van der Waals surface area contributed by atoms with Crippen molar-refractivity contribution >= 4 is 0 Å². The number of hydrazine groups is 1. The molecule has 0 unspecified atom stereocenters. The van der Waals surface area contributed by atoms with E-state index in [-0.39, 0.29) is 0 Å². The Morgan fingerprint density at radius 1 is 1.38 bits per heavy atom. The second-order valence-electron chi connectivity index (χ2n) is 1.42.